The number of hydrogen-bond acceptors (Lipinski definition) is 2. The van der Waals surface area contributed by atoms with E-state index in [1.165, 1.54) is 6.07 Å². The first-order valence-electron chi connectivity index (χ1n) is 9.59. The van der Waals surface area contributed by atoms with Crippen molar-refractivity contribution in [1.82, 2.24) is 9.78 Å². The van der Waals surface area contributed by atoms with Crippen LogP contribution in [0, 0.1) is 5.82 Å². The Balaban J connectivity index is 1.55. The maximum atomic E-state index is 13.9. The summed E-state index contributed by atoms with van der Waals surface area (Å²) in [5.74, 6) is -0.136. The maximum Gasteiger partial charge on any atom is 0.257 e. The second-order valence-electron chi connectivity index (χ2n) is 6.78. The summed E-state index contributed by atoms with van der Waals surface area (Å²) < 4.78 is 15.5. The summed E-state index contributed by atoms with van der Waals surface area (Å²) in [5.41, 5.74) is 2.80. The average molecular weight is 397 g/mol. The highest BCUT2D eigenvalue weighted by molar-refractivity contribution is 6.29. The van der Waals surface area contributed by atoms with E-state index >= 15 is 0 Å². The molecule has 0 saturated heterocycles. The van der Waals surface area contributed by atoms with Crippen molar-refractivity contribution in [2.45, 2.75) is 6.54 Å². The van der Waals surface area contributed by atoms with Gasteiger partial charge in [0.25, 0.3) is 5.91 Å². The van der Waals surface area contributed by atoms with Crippen LogP contribution in [0.2, 0.25) is 0 Å². The molecule has 4 nitrogen and oxygen atoms in total. The molecule has 0 unspecified atom stereocenters. The van der Waals surface area contributed by atoms with Crippen molar-refractivity contribution in [3.63, 3.8) is 0 Å². The van der Waals surface area contributed by atoms with Crippen molar-refractivity contribution >= 4 is 23.4 Å². The number of amides is 1. The summed E-state index contributed by atoms with van der Waals surface area (Å²) in [6, 6.07) is 27.4. The van der Waals surface area contributed by atoms with E-state index in [2.05, 4.69) is 10.4 Å². The molecular formula is C25H20FN3O. The first kappa shape index (κ1) is 19.3. The Kier molecular flexibility index (Phi) is 5.80. The highest BCUT2D eigenvalue weighted by Crippen LogP contribution is 2.20. The first-order chi connectivity index (χ1) is 14.7. The van der Waals surface area contributed by atoms with Crippen molar-refractivity contribution in [1.29, 1.82) is 0 Å². The fourth-order valence-corrected chi connectivity index (χ4v) is 3.11. The Bertz CT molecular complexity index is 1170. The van der Waals surface area contributed by atoms with E-state index in [-0.39, 0.29) is 18.3 Å². The van der Waals surface area contributed by atoms with Crippen molar-refractivity contribution in [2.75, 3.05) is 5.32 Å². The van der Waals surface area contributed by atoms with Gasteiger partial charge >= 0.3 is 0 Å². The molecule has 0 spiro atoms. The Labute approximate surface area is 174 Å². The molecule has 0 fully saturated rings. The smallest absolute Gasteiger partial charge is 0.257 e. The van der Waals surface area contributed by atoms with Gasteiger partial charge in [0.2, 0.25) is 0 Å². The van der Waals surface area contributed by atoms with E-state index in [4.69, 9.17) is 0 Å². The zero-order chi connectivity index (χ0) is 20.8. The number of aromatic nitrogens is 2. The molecule has 148 valence electrons. The number of nitrogens with zero attached hydrogens (tertiary/aromatic N) is 2. The summed E-state index contributed by atoms with van der Waals surface area (Å²) in [6.07, 6.45) is 3.56. The average Bonchev–Trinajstić information content (AvgIpc) is 3.21. The summed E-state index contributed by atoms with van der Waals surface area (Å²) >= 11 is 0. The third-order valence-electron chi connectivity index (χ3n) is 4.61. The van der Waals surface area contributed by atoms with Gasteiger partial charge in [0, 0.05) is 23.4 Å². The van der Waals surface area contributed by atoms with E-state index in [0.717, 1.165) is 11.1 Å². The van der Waals surface area contributed by atoms with Gasteiger partial charge in [-0.15, -0.1) is 0 Å². The molecule has 3 aromatic carbocycles. The number of halogens is 1. The summed E-state index contributed by atoms with van der Waals surface area (Å²) in [5, 5.41) is 7.21. The largest absolute Gasteiger partial charge is 0.305 e. The lowest BCUT2D eigenvalue weighted by Gasteiger charge is -2.08. The summed E-state index contributed by atoms with van der Waals surface area (Å²) in [4.78, 5) is 13.1. The lowest BCUT2D eigenvalue weighted by molar-refractivity contribution is -0.111. The molecule has 0 radical (unpaired) electrons. The molecule has 0 atom stereocenters. The Morgan fingerprint density at radius 1 is 0.900 bits per heavy atom. The van der Waals surface area contributed by atoms with Crippen molar-refractivity contribution < 1.29 is 9.18 Å². The molecule has 1 amide bonds. The van der Waals surface area contributed by atoms with Gasteiger partial charge in [-0.25, -0.2) is 4.39 Å². The molecule has 0 aliphatic carbocycles. The fourth-order valence-electron chi connectivity index (χ4n) is 3.11. The van der Waals surface area contributed by atoms with Gasteiger partial charge in [-0.05, 0) is 23.3 Å². The van der Waals surface area contributed by atoms with Gasteiger partial charge < -0.3 is 5.32 Å². The standard InChI is InChI=1S/C25H20FN3O/c26-23-14-8-7-13-21(23)18-29-16-15-24(28-29)27-25(30)22(20-11-5-2-6-12-20)17-19-9-3-1-4-10-19/h1-17H,18H2,(H,27,28,30)/b22-17-. The number of hydrogen-bond donors (Lipinski definition) is 1. The van der Waals surface area contributed by atoms with Gasteiger partial charge in [0.15, 0.2) is 5.82 Å². The summed E-state index contributed by atoms with van der Waals surface area (Å²) in [7, 11) is 0. The normalized spacial score (nSPS) is 11.3. The van der Waals surface area contributed by atoms with Crippen LogP contribution in [-0.2, 0) is 11.3 Å². The Morgan fingerprint density at radius 2 is 1.57 bits per heavy atom. The molecule has 1 N–H and O–H groups in total. The van der Waals surface area contributed by atoms with E-state index in [1.807, 2.05) is 66.7 Å². The second-order valence-corrected chi connectivity index (χ2v) is 6.78. The number of carbonyl (C=O) groups excluding carboxylic acids is 1. The molecular weight excluding hydrogens is 377 g/mol. The Hall–Kier alpha value is -3.99. The molecule has 30 heavy (non-hydrogen) atoms. The molecule has 0 aliphatic rings. The number of nitrogens with one attached hydrogen (secondary N) is 1. The maximum absolute atomic E-state index is 13.9. The van der Waals surface area contributed by atoms with Crippen LogP contribution < -0.4 is 5.32 Å². The van der Waals surface area contributed by atoms with Crippen LogP contribution in [0.4, 0.5) is 10.2 Å². The van der Waals surface area contributed by atoms with Crippen LogP contribution in [0.15, 0.2) is 97.2 Å². The lowest BCUT2D eigenvalue weighted by Crippen LogP contribution is -2.14. The number of benzene rings is 3. The minimum Gasteiger partial charge on any atom is -0.305 e. The first-order valence-corrected chi connectivity index (χ1v) is 9.59. The minimum atomic E-state index is -0.282. The van der Waals surface area contributed by atoms with Crippen LogP contribution in [0.5, 0.6) is 0 Å². The van der Waals surface area contributed by atoms with Crippen molar-refractivity contribution in [3.05, 3.63) is 120 Å². The number of anilines is 1. The third kappa shape index (κ3) is 4.70. The monoisotopic (exact) mass is 397 g/mol. The Morgan fingerprint density at radius 3 is 2.30 bits per heavy atom. The van der Waals surface area contributed by atoms with Gasteiger partial charge in [-0.1, -0.05) is 78.9 Å². The molecule has 5 heteroatoms. The quantitative estimate of drug-likeness (QED) is 0.357. The lowest BCUT2D eigenvalue weighted by atomic mass is 10.0. The molecule has 1 aromatic heterocycles. The van der Waals surface area contributed by atoms with Crippen LogP contribution in [0.3, 0.4) is 0 Å². The number of rotatable bonds is 6. The van der Waals surface area contributed by atoms with Crippen LogP contribution >= 0.6 is 0 Å². The molecule has 0 saturated carbocycles. The van der Waals surface area contributed by atoms with E-state index in [1.54, 1.807) is 35.1 Å². The molecule has 0 bridgehead atoms. The van der Waals surface area contributed by atoms with Gasteiger partial charge in [0.1, 0.15) is 5.82 Å². The third-order valence-corrected chi connectivity index (χ3v) is 4.61. The zero-order valence-corrected chi connectivity index (χ0v) is 16.2. The van der Waals surface area contributed by atoms with Gasteiger partial charge in [-0.2, -0.15) is 5.10 Å². The van der Waals surface area contributed by atoms with E-state index < -0.39 is 0 Å². The highest BCUT2D eigenvalue weighted by atomic mass is 19.1. The van der Waals surface area contributed by atoms with Gasteiger partial charge in [-0.3, -0.25) is 9.48 Å². The van der Waals surface area contributed by atoms with E-state index in [9.17, 15) is 9.18 Å². The predicted octanol–water partition coefficient (Wildman–Crippen LogP) is 5.25. The minimum absolute atomic E-state index is 0.263. The van der Waals surface area contributed by atoms with E-state index in [0.29, 0.717) is 17.0 Å². The molecule has 0 aliphatic heterocycles. The van der Waals surface area contributed by atoms with Crippen LogP contribution in [-0.4, -0.2) is 15.7 Å². The molecule has 4 aromatic rings. The van der Waals surface area contributed by atoms with Gasteiger partial charge in [0.05, 0.1) is 6.54 Å². The molecule has 1 heterocycles. The fraction of sp³-hybridized carbons (Fsp3) is 0.0400. The topological polar surface area (TPSA) is 46.9 Å². The van der Waals surface area contributed by atoms with Crippen molar-refractivity contribution in [2.24, 2.45) is 0 Å². The van der Waals surface area contributed by atoms with Crippen molar-refractivity contribution in [3.8, 4) is 0 Å². The summed E-state index contributed by atoms with van der Waals surface area (Å²) in [6.45, 7) is 0.286. The second kappa shape index (κ2) is 9.01. The van der Waals surface area contributed by atoms with Crippen LogP contribution in [0.1, 0.15) is 16.7 Å². The zero-order valence-electron chi connectivity index (χ0n) is 16.2. The highest BCUT2D eigenvalue weighted by Gasteiger charge is 2.14. The number of carbonyl (C=O) groups is 1. The predicted molar refractivity (Wildman–Crippen MR) is 117 cm³/mol. The molecule has 4 rings (SSSR count). The van der Waals surface area contributed by atoms with Crippen LogP contribution in [0.25, 0.3) is 11.6 Å². The SMILES string of the molecule is O=C(Nc1ccn(Cc2ccccc2F)n1)/C(=C\c1ccccc1)c1ccccc1.